The minimum atomic E-state index is -0.269. The van der Waals surface area contributed by atoms with Gasteiger partial charge in [-0.3, -0.25) is 20.5 Å². The highest BCUT2D eigenvalue weighted by atomic mass is 35.5. The highest BCUT2D eigenvalue weighted by Crippen LogP contribution is 2.22. The lowest BCUT2D eigenvalue weighted by molar-refractivity contribution is 0.0499. The number of thiophene rings is 1. The molecule has 3 rings (SSSR count). The number of carbonyl (C=O) groups is 1. The number of halogens is 1. The summed E-state index contributed by atoms with van der Waals surface area (Å²) in [5.74, 6) is 0.320. The zero-order valence-corrected chi connectivity index (χ0v) is 18.8. The summed E-state index contributed by atoms with van der Waals surface area (Å²) in [4.78, 5) is 22.3. The number of hydroxylamine groups is 1. The second kappa shape index (κ2) is 10.1. The first kappa shape index (κ1) is 22.3. The van der Waals surface area contributed by atoms with Gasteiger partial charge in [-0.1, -0.05) is 35.9 Å². The van der Waals surface area contributed by atoms with Crippen molar-refractivity contribution >= 4 is 40.4 Å². The number of amides is 1. The molecule has 30 heavy (non-hydrogen) atoms. The van der Waals surface area contributed by atoms with E-state index in [0.717, 1.165) is 29.9 Å². The molecule has 2 heterocycles. The van der Waals surface area contributed by atoms with Crippen molar-refractivity contribution in [3.05, 3.63) is 62.8 Å². The molecule has 9 heteroatoms. The number of rotatable bonds is 8. The van der Waals surface area contributed by atoms with Crippen LogP contribution in [0.1, 0.15) is 20.8 Å². The van der Waals surface area contributed by atoms with Gasteiger partial charge in [-0.2, -0.15) is 0 Å². The van der Waals surface area contributed by atoms with Crippen LogP contribution in [-0.2, 0) is 4.84 Å². The van der Waals surface area contributed by atoms with E-state index in [4.69, 9.17) is 21.8 Å². The second-order valence-corrected chi connectivity index (χ2v) is 9.02. The molecule has 0 saturated carbocycles. The average molecular weight is 448 g/mol. The molecule has 1 unspecified atom stereocenters. The van der Waals surface area contributed by atoms with Gasteiger partial charge in [-0.15, -0.1) is 11.3 Å². The molecule has 1 aromatic carbocycles. The molecule has 160 valence electrons. The molecule has 0 radical (unpaired) electrons. The molecule has 2 aromatic rings. The first-order valence-corrected chi connectivity index (χ1v) is 10.7. The van der Waals surface area contributed by atoms with Gasteiger partial charge in [0.05, 0.1) is 21.5 Å². The van der Waals surface area contributed by atoms with Crippen molar-refractivity contribution in [2.45, 2.75) is 6.10 Å². The Morgan fingerprint density at radius 3 is 2.57 bits per heavy atom. The number of nitrogens with zero attached hydrogens (tertiary/aromatic N) is 2. The van der Waals surface area contributed by atoms with Crippen molar-refractivity contribution in [3.8, 4) is 0 Å². The van der Waals surface area contributed by atoms with Crippen molar-refractivity contribution in [2.24, 2.45) is 0 Å². The molecule has 0 bridgehead atoms. The molecule has 1 aliphatic rings. The van der Waals surface area contributed by atoms with Gasteiger partial charge in [0.15, 0.2) is 0 Å². The number of benzene rings is 1. The topological polar surface area (TPSA) is 80.7 Å². The van der Waals surface area contributed by atoms with Crippen LogP contribution in [0.25, 0.3) is 5.70 Å². The van der Waals surface area contributed by atoms with Gasteiger partial charge in [-0.05, 0) is 37.9 Å². The number of hydrogen-bond donors (Lipinski definition) is 3. The van der Waals surface area contributed by atoms with E-state index < -0.39 is 0 Å². The van der Waals surface area contributed by atoms with E-state index >= 15 is 0 Å². The first-order chi connectivity index (χ1) is 14.3. The Hall–Kier alpha value is -2.39. The van der Waals surface area contributed by atoms with Crippen LogP contribution in [0.3, 0.4) is 0 Å². The largest absolute Gasteiger partial charge is 0.358 e. The Bertz CT molecular complexity index is 926. The van der Waals surface area contributed by atoms with Crippen molar-refractivity contribution < 1.29 is 9.63 Å². The van der Waals surface area contributed by atoms with Gasteiger partial charge >= 0.3 is 0 Å². The van der Waals surface area contributed by atoms with E-state index in [9.17, 15) is 4.79 Å². The number of likely N-dealkylation sites (N-methyl/N-ethyl adjacent to an activating group) is 2. The molecule has 7 nitrogen and oxygen atoms in total. The van der Waals surface area contributed by atoms with Gasteiger partial charge in [0.25, 0.3) is 5.91 Å². The molecule has 0 saturated heterocycles. The third-order valence-corrected chi connectivity index (χ3v) is 5.90. The fourth-order valence-electron chi connectivity index (χ4n) is 2.86. The van der Waals surface area contributed by atoms with E-state index in [1.807, 2.05) is 56.4 Å². The Morgan fingerprint density at radius 2 is 1.93 bits per heavy atom. The smallest absolute Gasteiger partial charge is 0.261 e. The van der Waals surface area contributed by atoms with Gasteiger partial charge in [0.1, 0.15) is 11.9 Å². The van der Waals surface area contributed by atoms with Gasteiger partial charge < -0.3 is 15.1 Å². The molecule has 0 fully saturated rings. The standard InChI is InChI=1S/C21H26ClN5O2S/c1-26(2)10-11-27(3)20(23)15-6-4-14(5-7-15)17-12-16(29-25-17)13-24-21(28)18-8-9-19(22)30-18/h4-9,12,16,23,25H,10-11,13H2,1-3H3,(H,24,28). The van der Waals surface area contributed by atoms with E-state index in [2.05, 4.69) is 15.7 Å². The van der Waals surface area contributed by atoms with Crippen molar-refractivity contribution in [2.75, 3.05) is 40.8 Å². The van der Waals surface area contributed by atoms with Crippen molar-refractivity contribution in [1.82, 2.24) is 20.6 Å². The van der Waals surface area contributed by atoms with Gasteiger partial charge in [-0.25, -0.2) is 0 Å². The van der Waals surface area contributed by atoms with Crippen LogP contribution >= 0.6 is 22.9 Å². The molecular weight excluding hydrogens is 422 g/mol. The number of carbonyl (C=O) groups excluding carboxylic acids is 1. The van der Waals surface area contributed by atoms with Gasteiger partial charge in [0.2, 0.25) is 0 Å². The van der Waals surface area contributed by atoms with Crippen LogP contribution in [0.5, 0.6) is 0 Å². The van der Waals surface area contributed by atoms with Crippen LogP contribution < -0.4 is 10.8 Å². The van der Waals surface area contributed by atoms with Crippen LogP contribution in [0.2, 0.25) is 4.34 Å². The Morgan fingerprint density at radius 1 is 1.20 bits per heavy atom. The van der Waals surface area contributed by atoms with E-state index in [0.29, 0.717) is 21.6 Å². The first-order valence-electron chi connectivity index (χ1n) is 9.55. The minimum absolute atomic E-state index is 0.168. The quantitative estimate of drug-likeness (QED) is 0.428. The van der Waals surface area contributed by atoms with Crippen molar-refractivity contribution in [3.63, 3.8) is 0 Å². The van der Waals surface area contributed by atoms with Crippen LogP contribution in [0, 0.1) is 5.41 Å². The summed E-state index contributed by atoms with van der Waals surface area (Å²) in [7, 11) is 5.97. The summed E-state index contributed by atoms with van der Waals surface area (Å²) in [6.07, 6.45) is 1.67. The predicted molar refractivity (Wildman–Crippen MR) is 122 cm³/mol. The molecule has 0 aliphatic carbocycles. The third-order valence-electron chi connectivity index (χ3n) is 4.67. The normalized spacial score (nSPS) is 15.6. The zero-order chi connectivity index (χ0) is 21.7. The van der Waals surface area contributed by atoms with E-state index in [1.54, 1.807) is 12.1 Å². The van der Waals surface area contributed by atoms with E-state index in [1.165, 1.54) is 11.3 Å². The highest BCUT2D eigenvalue weighted by Gasteiger charge is 2.19. The number of hydrogen-bond acceptors (Lipinski definition) is 6. The maximum absolute atomic E-state index is 12.1. The monoisotopic (exact) mass is 447 g/mol. The fraction of sp³-hybridized carbons (Fsp3) is 0.333. The number of nitrogens with one attached hydrogen (secondary N) is 3. The number of amidine groups is 1. The summed E-state index contributed by atoms with van der Waals surface area (Å²) >= 11 is 7.12. The summed E-state index contributed by atoms with van der Waals surface area (Å²) in [5, 5.41) is 11.2. The molecule has 3 N–H and O–H groups in total. The predicted octanol–water partition coefficient (Wildman–Crippen LogP) is 2.89. The van der Waals surface area contributed by atoms with Gasteiger partial charge in [0, 0.05) is 25.7 Å². The Balaban J connectivity index is 1.54. The molecule has 0 spiro atoms. The zero-order valence-electron chi connectivity index (χ0n) is 17.2. The van der Waals surface area contributed by atoms with E-state index in [-0.39, 0.29) is 12.0 Å². The lowest BCUT2D eigenvalue weighted by atomic mass is 10.1. The van der Waals surface area contributed by atoms with Crippen molar-refractivity contribution in [1.29, 1.82) is 5.41 Å². The lowest BCUT2D eigenvalue weighted by Crippen LogP contribution is -2.33. The third kappa shape index (κ3) is 5.82. The van der Waals surface area contributed by atoms with Crippen LogP contribution in [0.15, 0.2) is 42.5 Å². The summed E-state index contributed by atoms with van der Waals surface area (Å²) in [6, 6.07) is 11.2. The maximum atomic E-state index is 12.1. The van der Waals surface area contributed by atoms with Crippen LogP contribution in [0.4, 0.5) is 0 Å². The summed E-state index contributed by atoms with van der Waals surface area (Å²) in [5.41, 5.74) is 5.58. The molecule has 1 aromatic heterocycles. The molecule has 1 atom stereocenters. The fourth-order valence-corrected chi connectivity index (χ4v) is 3.81. The Kier molecular flexibility index (Phi) is 7.49. The summed E-state index contributed by atoms with van der Waals surface area (Å²) in [6.45, 7) is 2.03. The molecule has 1 aliphatic heterocycles. The highest BCUT2D eigenvalue weighted by molar-refractivity contribution is 7.17. The molecular formula is C21H26ClN5O2S. The Labute approximate surface area is 185 Å². The average Bonchev–Trinajstić information content (AvgIpc) is 3.39. The van der Waals surface area contributed by atoms with Crippen LogP contribution in [-0.4, -0.2) is 68.4 Å². The minimum Gasteiger partial charge on any atom is -0.358 e. The molecule has 1 amide bonds. The maximum Gasteiger partial charge on any atom is 0.261 e. The SMILES string of the molecule is CN(C)CCN(C)C(=N)c1ccc(C2=CC(CNC(=O)c3ccc(Cl)s3)ON2)cc1. The lowest BCUT2D eigenvalue weighted by Gasteiger charge is -2.22. The summed E-state index contributed by atoms with van der Waals surface area (Å²) < 4.78 is 0.585. The second-order valence-electron chi connectivity index (χ2n) is 7.30.